The number of carbonyl (C=O) groups is 1. The van der Waals surface area contributed by atoms with Crippen molar-refractivity contribution in [2.75, 3.05) is 37.6 Å². The summed E-state index contributed by atoms with van der Waals surface area (Å²) in [5, 5.41) is 12.5. The first kappa shape index (κ1) is 18.1. The molecule has 2 aliphatic rings. The SMILES string of the molecule is CC(=O)N1CCC(NCC2CN(c3ccc(C(C)(C)C)nn3)C2)CC1. The van der Waals surface area contributed by atoms with Gasteiger partial charge in [-0.1, -0.05) is 20.8 Å². The lowest BCUT2D eigenvalue weighted by Crippen LogP contribution is -2.53. The Kier molecular flexibility index (Phi) is 5.27. The maximum absolute atomic E-state index is 11.4. The Balaban J connectivity index is 1.38. The maximum atomic E-state index is 11.4. The highest BCUT2D eigenvalue weighted by Crippen LogP contribution is 2.25. The highest BCUT2D eigenvalue weighted by molar-refractivity contribution is 5.73. The number of nitrogens with zero attached hydrogens (tertiary/aromatic N) is 4. The van der Waals surface area contributed by atoms with Gasteiger partial charge in [0.15, 0.2) is 5.82 Å². The van der Waals surface area contributed by atoms with Gasteiger partial charge in [0, 0.05) is 57.0 Å². The van der Waals surface area contributed by atoms with Crippen LogP contribution in [0, 0.1) is 5.92 Å². The average molecular weight is 345 g/mol. The minimum Gasteiger partial charge on any atom is -0.354 e. The zero-order chi connectivity index (χ0) is 18.0. The summed E-state index contributed by atoms with van der Waals surface area (Å²) in [5.74, 6) is 1.86. The molecule has 138 valence electrons. The molecule has 25 heavy (non-hydrogen) atoms. The summed E-state index contributed by atoms with van der Waals surface area (Å²) in [7, 11) is 0. The van der Waals surface area contributed by atoms with E-state index in [1.165, 1.54) is 0 Å². The zero-order valence-electron chi connectivity index (χ0n) is 16.0. The molecule has 0 spiro atoms. The number of nitrogens with one attached hydrogen (secondary N) is 1. The van der Waals surface area contributed by atoms with Gasteiger partial charge in [-0.15, -0.1) is 5.10 Å². The summed E-state index contributed by atoms with van der Waals surface area (Å²) in [6.07, 6.45) is 2.13. The molecule has 2 saturated heterocycles. The molecule has 0 radical (unpaired) electrons. The van der Waals surface area contributed by atoms with Crippen LogP contribution < -0.4 is 10.2 Å². The summed E-state index contributed by atoms with van der Waals surface area (Å²) >= 11 is 0. The molecular formula is C19H31N5O. The Hall–Kier alpha value is -1.69. The van der Waals surface area contributed by atoms with E-state index in [0.717, 1.165) is 57.1 Å². The number of hydrogen-bond donors (Lipinski definition) is 1. The van der Waals surface area contributed by atoms with E-state index in [0.29, 0.717) is 12.0 Å². The molecule has 6 nitrogen and oxygen atoms in total. The molecule has 0 saturated carbocycles. The number of amides is 1. The predicted molar refractivity (Wildman–Crippen MR) is 99.7 cm³/mol. The van der Waals surface area contributed by atoms with Crippen molar-refractivity contribution in [3.05, 3.63) is 17.8 Å². The van der Waals surface area contributed by atoms with Crippen molar-refractivity contribution in [2.24, 2.45) is 5.92 Å². The summed E-state index contributed by atoms with van der Waals surface area (Å²) in [6, 6.07) is 4.74. The normalized spacial score (nSPS) is 19.8. The van der Waals surface area contributed by atoms with E-state index < -0.39 is 0 Å². The molecule has 0 aromatic carbocycles. The fourth-order valence-electron chi connectivity index (χ4n) is 3.51. The smallest absolute Gasteiger partial charge is 0.219 e. The van der Waals surface area contributed by atoms with Crippen molar-refractivity contribution in [3.8, 4) is 0 Å². The molecule has 2 aliphatic heterocycles. The molecule has 0 unspecified atom stereocenters. The molecule has 0 aliphatic carbocycles. The van der Waals surface area contributed by atoms with Crippen LogP contribution in [-0.4, -0.2) is 59.8 Å². The highest BCUT2D eigenvalue weighted by atomic mass is 16.2. The van der Waals surface area contributed by atoms with E-state index in [1.54, 1.807) is 6.92 Å². The van der Waals surface area contributed by atoms with Crippen LogP contribution in [0.15, 0.2) is 12.1 Å². The maximum Gasteiger partial charge on any atom is 0.219 e. The quantitative estimate of drug-likeness (QED) is 0.902. The molecule has 3 rings (SSSR count). The molecule has 6 heteroatoms. The van der Waals surface area contributed by atoms with Crippen molar-refractivity contribution < 1.29 is 4.79 Å². The van der Waals surface area contributed by atoms with E-state index in [2.05, 4.69) is 53.3 Å². The van der Waals surface area contributed by atoms with Gasteiger partial charge in [0.2, 0.25) is 5.91 Å². The van der Waals surface area contributed by atoms with E-state index in [-0.39, 0.29) is 11.3 Å². The molecule has 1 N–H and O–H groups in total. The van der Waals surface area contributed by atoms with Crippen LogP contribution in [0.5, 0.6) is 0 Å². The fraction of sp³-hybridized carbons (Fsp3) is 0.737. The molecule has 1 amide bonds. The predicted octanol–water partition coefficient (Wildman–Crippen LogP) is 1.81. The summed E-state index contributed by atoms with van der Waals surface area (Å²) in [6.45, 7) is 13.0. The number of hydrogen-bond acceptors (Lipinski definition) is 5. The Bertz CT molecular complexity index is 581. The van der Waals surface area contributed by atoms with Gasteiger partial charge in [-0.25, -0.2) is 0 Å². The van der Waals surface area contributed by atoms with Crippen LogP contribution in [0.3, 0.4) is 0 Å². The number of likely N-dealkylation sites (tertiary alicyclic amines) is 1. The van der Waals surface area contributed by atoms with Gasteiger partial charge in [0.05, 0.1) is 5.69 Å². The minimum atomic E-state index is 0.0465. The first-order valence-electron chi connectivity index (χ1n) is 9.41. The molecule has 1 aromatic rings. The molecule has 3 heterocycles. The molecule has 0 atom stereocenters. The zero-order valence-corrected chi connectivity index (χ0v) is 16.0. The third-order valence-corrected chi connectivity index (χ3v) is 5.34. The van der Waals surface area contributed by atoms with Gasteiger partial charge >= 0.3 is 0 Å². The van der Waals surface area contributed by atoms with E-state index >= 15 is 0 Å². The summed E-state index contributed by atoms with van der Waals surface area (Å²) < 4.78 is 0. The van der Waals surface area contributed by atoms with Gasteiger partial charge in [-0.05, 0) is 25.0 Å². The Morgan fingerprint density at radius 3 is 2.40 bits per heavy atom. The molecule has 0 bridgehead atoms. The lowest BCUT2D eigenvalue weighted by Gasteiger charge is -2.41. The topological polar surface area (TPSA) is 61.4 Å². The van der Waals surface area contributed by atoms with Crippen LogP contribution >= 0.6 is 0 Å². The van der Waals surface area contributed by atoms with Crippen LogP contribution in [0.25, 0.3) is 0 Å². The largest absolute Gasteiger partial charge is 0.354 e. The second-order valence-corrected chi connectivity index (χ2v) is 8.49. The van der Waals surface area contributed by atoms with Gasteiger partial charge in [0.25, 0.3) is 0 Å². The number of anilines is 1. The first-order chi connectivity index (χ1) is 11.8. The lowest BCUT2D eigenvalue weighted by atomic mass is 9.92. The Labute approximate surface area is 151 Å². The van der Waals surface area contributed by atoms with Crippen molar-refractivity contribution in [1.82, 2.24) is 20.4 Å². The number of piperidine rings is 1. The Morgan fingerprint density at radius 2 is 1.88 bits per heavy atom. The van der Waals surface area contributed by atoms with Crippen LogP contribution in [0.4, 0.5) is 5.82 Å². The summed E-state index contributed by atoms with van der Waals surface area (Å²) in [4.78, 5) is 15.6. The van der Waals surface area contributed by atoms with Crippen LogP contribution in [0.1, 0.15) is 46.2 Å². The third-order valence-electron chi connectivity index (χ3n) is 5.34. The van der Waals surface area contributed by atoms with E-state index in [4.69, 9.17) is 0 Å². The van der Waals surface area contributed by atoms with Gasteiger partial charge in [0.1, 0.15) is 0 Å². The monoisotopic (exact) mass is 345 g/mol. The number of carbonyl (C=O) groups excluding carboxylic acids is 1. The van der Waals surface area contributed by atoms with Gasteiger partial charge in [-0.2, -0.15) is 5.10 Å². The van der Waals surface area contributed by atoms with Crippen LogP contribution in [0.2, 0.25) is 0 Å². The minimum absolute atomic E-state index is 0.0465. The molecule has 2 fully saturated rings. The van der Waals surface area contributed by atoms with E-state index in [1.807, 2.05) is 4.90 Å². The van der Waals surface area contributed by atoms with Crippen molar-refractivity contribution >= 4 is 11.7 Å². The number of aromatic nitrogens is 2. The van der Waals surface area contributed by atoms with Gasteiger partial charge < -0.3 is 15.1 Å². The van der Waals surface area contributed by atoms with E-state index in [9.17, 15) is 4.79 Å². The fourth-order valence-corrected chi connectivity index (χ4v) is 3.51. The Morgan fingerprint density at radius 1 is 1.20 bits per heavy atom. The van der Waals surface area contributed by atoms with Crippen molar-refractivity contribution in [3.63, 3.8) is 0 Å². The summed E-state index contributed by atoms with van der Waals surface area (Å²) in [5.41, 5.74) is 1.08. The second kappa shape index (κ2) is 7.28. The van der Waals surface area contributed by atoms with Crippen molar-refractivity contribution in [1.29, 1.82) is 0 Å². The van der Waals surface area contributed by atoms with Gasteiger partial charge in [-0.3, -0.25) is 4.79 Å². The third kappa shape index (κ3) is 4.48. The second-order valence-electron chi connectivity index (χ2n) is 8.49. The van der Waals surface area contributed by atoms with Crippen molar-refractivity contribution in [2.45, 2.75) is 52.0 Å². The molecular weight excluding hydrogens is 314 g/mol. The van der Waals surface area contributed by atoms with Crippen LogP contribution in [-0.2, 0) is 10.2 Å². The first-order valence-corrected chi connectivity index (χ1v) is 9.41. The number of rotatable bonds is 4. The molecule has 1 aromatic heterocycles. The lowest BCUT2D eigenvalue weighted by molar-refractivity contribution is -0.129. The average Bonchev–Trinajstić information content (AvgIpc) is 2.53. The standard InChI is InChI=1S/C19H31N5O/c1-14(25)23-9-7-16(8-10-23)20-11-15-12-24(13-15)18-6-5-17(21-22-18)19(2,3)4/h5-6,15-16,20H,7-13H2,1-4H3. The highest BCUT2D eigenvalue weighted by Gasteiger charge is 2.29.